The minimum absolute atomic E-state index is 0.00170. The molecule has 3 aromatic rings. The molecule has 0 saturated carbocycles. The topological polar surface area (TPSA) is 90.5 Å². The second-order valence-electron chi connectivity index (χ2n) is 7.23. The lowest BCUT2D eigenvalue weighted by Gasteiger charge is -2.32. The van der Waals surface area contributed by atoms with Crippen molar-refractivity contribution in [2.45, 2.75) is 31.2 Å². The number of hydrogen-bond acceptors (Lipinski definition) is 6. The molecule has 162 valence electrons. The first-order valence-corrected chi connectivity index (χ1v) is 9.51. The van der Waals surface area contributed by atoms with Crippen molar-refractivity contribution < 1.29 is 31.9 Å². The van der Waals surface area contributed by atoms with E-state index < -0.39 is 24.2 Å². The summed E-state index contributed by atoms with van der Waals surface area (Å²) in [5.74, 6) is 0.997. The highest BCUT2D eigenvalue weighted by Crippen LogP contribution is 2.44. The maximum Gasteiger partial charge on any atom is 0.410 e. The Morgan fingerprint density at radius 1 is 1.26 bits per heavy atom. The number of fused-ring (bicyclic) bond motifs is 2. The fourth-order valence-electron chi connectivity index (χ4n) is 3.73. The molecule has 4 heterocycles. The molecule has 0 spiro atoms. The summed E-state index contributed by atoms with van der Waals surface area (Å²) in [5.41, 5.74) is 0.777. The van der Waals surface area contributed by atoms with E-state index in [1.165, 1.54) is 6.26 Å². The van der Waals surface area contributed by atoms with E-state index in [1.54, 1.807) is 30.3 Å². The molecule has 2 N–H and O–H groups in total. The number of halogens is 3. The van der Waals surface area contributed by atoms with Gasteiger partial charge in [-0.15, -0.1) is 0 Å². The molecule has 0 bridgehead atoms. The van der Waals surface area contributed by atoms with Crippen LogP contribution in [0.1, 0.15) is 40.2 Å². The summed E-state index contributed by atoms with van der Waals surface area (Å²) in [6.07, 6.45) is -2.30. The molecule has 0 saturated heterocycles. The molecule has 5 rings (SSSR count). The minimum atomic E-state index is -4.53. The Morgan fingerprint density at radius 3 is 2.87 bits per heavy atom. The van der Waals surface area contributed by atoms with Gasteiger partial charge in [-0.2, -0.15) is 18.3 Å². The summed E-state index contributed by atoms with van der Waals surface area (Å²) in [7, 11) is 0. The molecule has 0 fully saturated rings. The Balaban J connectivity index is 1.38. The van der Waals surface area contributed by atoms with Gasteiger partial charge in [-0.3, -0.25) is 4.79 Å². The van der Waals surface area contributed by atoms with Crippen LogP contribution in [0.5, 0.6) is 11.5 Å². The number of furan rings is 1. The summed E-state index contributed by atoms with van der Waals surface area (Å²) in [4.78, 5) is 12.8. The molecule has 2 atom stereocenters. The number of benzene rings is 1. The summed E-state index contributed by atoms with van der Waals surface area (Å²) in [6, 6.07) is 5.81. The third-order valence-electron chi connectivity index (χ3n) is 5.26. The van der Waals surface area contributed by atoms with Crippen molar-refractivity contribution in [2.24, 2.45) is 0 Å². The highest BCUT2D eigenvalue weighted by molar-refractivity contribution is 5.98. The number of alkyl halides is 3. The number of anilines is 1. The van der Waals surface area contributed by atoms with Gasteiger partial charge in [0.2, 0.25) is 6.79 Å². The number of aromatic nitrogens is 2. The lowest BCUT2D eigenvalue weighted by atomic mass is 10.0. The lowest BCUT2D eigenvalue weighted by Crippen LogP contribution is -2.36. The maximum absolute atomic E-state index is 13.7. The zero-order valence-corrected chi connectivity index (χ0v) is 16.0. The number of ether oxygens (including phenoxy) is 2. The molecular formula is C20H17F3N4O4. The van der Waals surface area contributed by atoms with Gasteiger partial charge in [-0.05, 0) is 29.8 Å². The quantitative estimate of drug-likeness (QED) is 0.649. The zero-order chi connectivity index (χ0) is 21.6. The Hall–Kier alpha value is -3.63. The Kier molecular flexibility index (Phi) is 4.53. The third kappa shape index (κ3) is 3.56. The zero-order valence-electron chi connectivity index (χ0n) is 16.0. The molecule has 2 unspecified atom stereocenters. The van der Waals surface area contributed by atoms with Crippen LogP contribution in [0.2, 0.25) is 0 Å². The average molecular weight is 434 g/mol. The highest BCUT2D eigenvalue weighted by Gasteiger charge is 2.47. The van der Waals surface area contributed by atoms with Crippen molar-refractivity contribution in [1.29, 1.82) is 0 Å². The van der Waals surface area contributed by atoms with Crippen molar-refractivity contribution in [3.8, 4) is 11.5 Å². The van der Waals surface area contributed by atoms with Gasteiger partial charge in [0.1, 0.15) is 17.1 Å². The first-order chi connectivity index (χ1) is 14.9. The second-order valence-corrected chi connectivity index (χ2v) is 7.23. The number of amides is 1. The predicted molar refractivity (Wildman–Crippen MR) is 101 cm³/mol. The average Bonchev–Trinajstić information content (AvgIpc) is 3.50. The van der Waals surface area contributed by atoms with Crippen LogP contribution >= 0.6 is 0 Å². The lowest BCUT2D eigenvalue weighted by molar-refractivity contribution is -0.174. The smallest absolute Gasteiger partial charge is 0.410 e. The molecule has 31 heavy (non-hydrogen) atoms. The van der Waals surface area contributed by atoms with Crippen molar-refractivity contribution in [2.75, 3.05) is 12.1 Å². The van der Waals surface area contributed by atoms with Crippen molar-refractivity contribution in [3.05, 3.63) is 59.7 Å². The van der Waals surface area contributed by atoms with E-state index in [1.807, 2.05) is 0 Å². The van der Waals surface area contributed by atoms with E-state index in [0.29, 0.717) is 17.3 Å². The van der Waals surface area contributed by atoms with Gasteiger partial charge in [0, 0.05) is 13.0 Å². The van der Waals surface area contributed by atoms with Gasteiger partial charge in [0.15, 0.2) is 17.5 Å². The number of hydrogen-bond donors (Lipinski definition) is 2. The number of nitrogens with one attached hydrogen (secondary N) is 2. The predicted octanol–water partition coefficient (Wildman–Crippen LogP) is 3.80. The Bertz CT molecular complexity index is 1110. The van der Waals surface area contributed by atoms with Crippen LogP contribution in [0.3, 0.4) is 0 Å². The molecule has 2 aromatic heterocycles. The van der Waals surface area contributed by atoms with Gasteiger partial charge in [-0.1, -0.05) is 6.07 Å². The van der Waals surface area contributed by atoms with Gasteiger partial charge < -0.3 is 24.5 Å². The Labute approximate surface area is 173 Å². The van der Waals surface area contributed by atoms with E-state index >= 15 is 0 Å². The van der Waals surface area contributed by atoms with Crippen LogP contribution in [-0.4, -0.2) is 28.7 Å². The van der Waals surface area contributed by atoms with Gasteiger partial charge in [0.25, 0.3) is 5.91 Å². The van der Waals surface area contributed by atoms with Crippen molar-refractivity contribution in [3.63, 3.8) is 0 Å². The van der Waals surface area contributed by atoms with E-state index in [2.05, 4.69) is 15.7 Å². The molecule has 0 radical (unpaired) electrons. The SMILES string of the molecule is O=C(NCc1ccc2c(c1)OCO2)c1cnn2c1NC(c1ccco1)CC2C(F)(F)F. The van der Waals surface area contributed by atoms with E-state index in [4.69, 9.17) is 13.9 Å². The van der Waals surface area contributed by atoms with Crippen LogP contribution in [0, 0.1) is 0 Å². The fraction of sp³-hybridized carbons (Fsp3) is 0.300. The molecule has 2 aliphatic heterocycles. The van der Waals surface area contributed by atoms with Gasteiger partial charge in [0.05, 0.1) is 18.5 Å². The van der Waals surface area contributed by atoms with Gasteiger partial charge in [-0.25, -0.2) is 4.68 Å². The first kappa shape index (κ1) is 19.3. The summed E-state index contributed by atoms with van der Waals surface area (Å²) in [6.45, 7) is 0.293. The van der Waals surface area contributed by atoms with Gasteiger partial charge >= 0.3 is 6.18 Å². The summed E-state index contributed by atoms with van der Waals surface area (Å²) >= 11 is 0. The highest BCUT2D eigenvalue weighted by atomic mass is 19.4. The number of carbonyl (C=O) groups excluding carboxylic acids is 1. The first-order valence-electron chi connectivity index (χ1n) is 9.51. The summed E-state index contributed by atoms with van der Waals surface area (Å²) in [5, 5.41) is 9.53. The molecule has 1 amide bonds. The van der Waals surface area contributed by atoms with E-state index in [0.717, 1.165) is 16.4 Å². The standard InChI is InChI=1S/C20H17F3N4O4/c21-20(22,23)17-7-13(14-2-1-5-29-14)26-18-12(9-25-27(17)18)19(28)24-8-11-3-4-15-16(6-11)31-10-30-15/h1-6,9,13,17,26H,7-8,10H2,(H,24,28). The normalized spacial score (nSPS) is 19.6. The minimum Gasteiger partial charge on any atom is -0.467 e. The van der Waals surface area contributed by atoms with Crippen molar-refractivity contribution >= 4 is 11.7 Å². The molecular weight excluding hydrogens is 417 g/mol. The Morgan fingerprint density at radius 2 is 2.10 bits per heavy atom. The fourth-order valence-corrected chi connectivity index (χ4v) is 3.73. The van der Waals surface area contributed by atoms with Crippen LogP contribution < -0.4 is 20.1 Å². The van der Waals surface area contributed by atoms with E-state index in [-0.39, 0.29) is 31.1 Å². The summed E-state index contributed by atoms with van der Waals surface area (Å²) < 4.78 is 57.7. The second kappa shape index (κ2) is 7.25. The molecule has 0 aliphatic carbocycles. The third-order valence-corrected chi connectivity index (χ3v) is 5.26. The molecule has 2 aliphatic rings. The number of nitrogens with zero attached hydrogens (tertiary/aromatic N) is 2. The maximum atomic E-state index is 13.7. The van der Waals surface area contributed by atoms with Crippen LogP contribution in [-0.2, 0) is 6.54 Å². The van der Waals surface area contributed by atoms with E-state index in [9.17, 15) is 18.0 Å². The largest absolute Gasteiger partial charge is 0.467 e. The number of rotatable bonds is 4. The van der Waals surface area contributed by atoms with Crippen LogP contribution in [0.25, 0.3) is 0 Å². The molecule has 1 aromatic carbocycles. The molecule has 11 heteroatoms. The monoisotopic (exact) mass is 434 g/mol. The van der Waals surface area contributed by atoms with Crippen LogP contribution in [0.15, 0.2) is 47.2 Å². The van der Waals surface area contributed by atoms with Crippen LogP contribution in [0.4, 0.5) is 19.0 Å². The van der Waals surface area contributed by atoms with Crippen molar-refractivity contribution in [1.82, 2.24) is 15.1 Å². The number of carbonyl (C=O) groups is 1. The molecule has 8 nitrogen and oxygen atoms in total.